The molecule has 3 heterocycles. The van der Waals surface area contributed by atoms with Crippen molar-refractivity contribution in [1.82, 2.24) is 24.6 Å². The maximum Gasteiger partial charge on any atom is 0.346 e. The number of aromatic nitrogens is 4. The van der Waals surface area contributed by atoms with E-state index >= 15 is 0 Å². The first-order valence-electron chi connectivity index (χ1n) is 8.56. The Morgan fingerprint density at radius 3 is 2.92 bits per heavy atom. The van der Waals surface area contributed by atoms with Crippen LogP contribution in [0.1, 0.15) is 41.3 Å². The smallest absolute Gasteiger partial charge is 0.346 e. The van der Waals surface area contributed by atoms with Gasteiger partial charge in [0.1, 0.15) is 5.69 Å². The number of aliphatic hydroxyl groups excluding tert-OH is 1. The fourth-order valence-corrected chi connectivity index (χ4v) is 3.28. The van der Waals surface area contributed by atoms with Gasteiger partial charge in [0.2, 0.25) is 0 Å². The van der Waals surface area contributed by atoms with E-state index in [0.717, 1.165) is 12.1 Å². The molecule has 0 bridgehead atoms. The predicted molar refractivity (Wildman–Crippen MR) is 94.6 cm³/mol. The van der Waals surface area contributed by atoms with Crippen molar-refractivity contribution in [2.75, 3.05) is 6.54 Å². The lowest BCUT2D eigenvalue weighted by Crippen LogP contribution is -2.33. The Hall–Kier alpha value is -3.00. The van der Waals surface area contributed by atoms with E-state index in [1.807, 2.05) is 16.8 Å². The van der Waals surface area contributed by atoms with Gasteiger partial charge < -0.3 is 15.0 Å². The maximum atomic E-state index is 13.1. The summed E-state index contributed by atoms with van der Waals surface area (Å²) in [6.45, 7) is 3.25. The van der Waals surface area contributed by atoms with Crippen molar-refractivity contribution in [1.29, 1.82) is 0 Å². The standard InChI is InChI=1S/C18H19N5O3/c1-11(24)15-9-12-10-22(7-4-8-23(12)21-15)17(25)16-13-5-2-3-6-14(13)19-18(26)20-16/h2-3,5-6,9,11,24H,4,7-8,10H2,1H3,(H,19,20,26)/t11-/m0/s1. The van der Waals surface area contributed by atoms with Crippen molar-refractivity contribution < 1.29 is 9.90 Å². The molecule has 0 aliphatic carbocycles. The third-order valence-electron chi connectivity index (χ3n) is 4.59. The van der Waals surface area contributed by atoms with Gasteiger partial charge in [0.05, 0.1) is 29.6 Å². The average molecular weight is 353 g/mol. The van der Waals surface area contributed by atoms with E-state index < -0.39 is 11.8 Å². The van der Waals surface area contributed by atoms with Crippen molar-refractivity contribution in [3.8, 4) is 0 Å². The van der Waals surface area contributed by atoms with Crippen LogP contribution in [0.2, 0.25) is 0 Å². The number of hydrogen-bond acceptors (Lipinski definition) is 5. The van der Waals surface area contributed by atoms with Gasteiger partial charge in [-0.3, -0.25) is 9.48 Å². The van der Waals surface area contributed by atoms with Crippen molar-refractivity contribution in [3.63, 3.8) is 0 Å². The molecule has 1 aliphatic rings. The fraction of sp³-hybridized carbons (Fsp3) is 0.333. The number of carbonyl (C=O) groups is 1. The molecule has 8 nitrogen and oxygen atoms in total. The first-order chi connectivity index (χ1) is 12.5. The molecule has 0 fully saturated rings. The topological polar surface area (TPSA) is 104 Å². The number of carbonyl (C=O) groups excluding carboxylic acids is 1. The molecule has 1 amide bonds. The predicted octanol–water partition coefficient (Wildman–Crippen LogP) is 1.22. The Bertz CT molecular complexity index is 1040. The second-order valence-electron chi connectivity index (χ2n) is 6.48. The number of H-pyrrole nitrogens is 1. The normalized spacial score (nSPS) is 15.5. The molecule has 3 aromatic rings. The minimum atomic E-state index is -0.656. The number of rotatable bonds is 2. The first-order valence-corrected chi connectivity index (χ1v) is 8.56. The molecule has 4 rings (SSSR count). The summed E-state index contributed by atoms with van der Waals surface area (Å²) in [5.74, 6) is -0.277. The van der Waals surface area contributed by atoms with Crippen LogP contribution in [0.4, 0.5) is 0 Å². The first kappa shape index (κ1) is 16.5. The van der Waals surface area contributed by atoms with Gasteiger partial charge in [0.15, 0.2) is 0 Å². The SMILES string of the molecule is C[C@H](O)c1cc2n(n1)CCCN(C(=O)c1nc(=O)[nH]c3ccccc13)C2. The Morgan fingerprint density at radius 1 is 1.31 bits per heavy atom. The number of fused-ring (bicyclic) bond motifs is 2. The highest BCUT2D eigenvalue weighted by atomic mass is 16.3. The molecule has 134 valence electrons. The van der Waals surface area contributed by atoms with Crippen LogP contribution < -0.4 is 5.69 Å². The monoisotopic (exact) mass is 353 g/mol. The van der Waals surface area contributed by atoms with Crippen LogP contribution in [0.15, 0.2) is 35.1 Å². The summed E-state index contributed by atoms with van der Waals surface area (Å²) in [4.78, 5) is 33.2. The van der Waals surface area contributed by atoms with E-state index in [4.69, 9.17) is 0 Å². The summed E-state index contributed by atoms with van der Waals surface area (Å²) >= 11 is 0. The Kier molecular flexibility index (Phi) is 4.04. The molecule has 26 heavy (non-hydrogen) atoms. The fourth-order valence-electron chi connectivity index (χ4n) is 3.28. The minimum absolute atomic E-state index is 0.160. The zero-order valence-electron chi connectivity index (χ0n) is 14.3. The van der Waals surface area contributed by atoms with Crippen LogP contribution >= 0.6 is 0 Å². The van der Waals surface area contributed by atoms with Crippen LogP contribution in [-0.4, -0.2) is 42.2 Å². The quantitative estimate of drug-likeness (QED) is 0.721. The second-order valence-corrected chi connectivity index (χ2v) is 6.48. The zero-order valence-corrected chi connectivity index (χ0v) is 14.3. The van der Waals surface area contributed by atoms with Gasteiger partial charge in [0.25, 0.3) is 5.91 Å². The Labute approximate surface area is 149 Å². The van der Waals surface area contributed by atoms with Gasteiger partial charge in [-0.25, -0.2) is 4.79 Å². The number of aromatic amines is 1. The number of aryl methyl sites for hydroxylation is 1. The lowest BCUT2D eigenvalue weighted by molar-refractivity contribution is 0.0741. The van der Waals surface area contributed by atoms with Gasteiger partial charge in [-0.05, 0) is 25.5 Å². The maximum absolute atomic E-state index is 13.1. The van der Waals surface area contributed by atoms with Gasteiger partial charge in [-0.1, -0.05) is 18.2 Å². The molecule has 2 aromatic heterocycles. The molecular formula is C18H19N5O3. The molecule has 0 spiro atoms. The van der Waals surface area contributed by atoms with Crippen LogP contribution in [0.3, 0.4) is 0 Å². The molecule has 2 N–H and O–H groups in total. The molecule has 1 aliphatic heterocycles. The summed E-state index contributed by atoms with van der Waals surface area (Å²) < 4.78 is 1.83. The van der Waals surface area contributed by atoms with Gasteiger partial charge in [0, 0.05) is 18.5 Å². The Balaban J connectivity index is 1.71. The Morgan fingerprint density at radius 2 is 2.12 bits per heavy atom. The summed E-state index contributed by atoms with van der Waals surface area (Å²) in [5.41, 5.74) is 1.67. The second kappa shape index (κ2) is 6.38. The number of benzene rings is 1. The summed E-state index contributed by atoms with van der Waals surface area (Å²) in [6, 6.07) is 8.96. The van der Waals surface area contributed by atoms with Crippen LogP contribution in [-0.2, 0) is 13.1 Å². The highest BCUT2D eigenvalue weighted by Crippen LogP contribution is 2.21. The van der Waals surface area contributed by atoms with Crippen LogP contribution in [0.5, 0.6) is 0 Å². The minimum Gasteiger partial charge on any atom is -0.387 e. The third kappa shape index (κ3) is 2.88. The largest absolute Gasteiger partial charge is 0.387 e. The molecule has 1 atom stereocenters. The molecule has 1 aromatic carbocycles. The van der Waals surface area contributed by atoms with Gasteiger partial charge >= 0.3 is 5.69 Å². The van der Waals surface area contributed by atoms with E-state index in [2.05, 4.69) is 15.1 Å². The van der Waals surface area contributed by atoms with Crippen LogP contribution in [0.25, 0.3) is 10.9 Å². The van der Waals surface area contributed by atoms with E-state index in [0.29, 0.717) is 36.2 Å². The lowest BCUT2D eigenvalue weighted by Gasteiger charge is -2.20. The highest BCUT2D eigenvalue weighted by Gasteiger charge is 2.25. The van der Waals surface area contributed by atoms with Crippen molar-refractivity contribution in [2.24, 2.45) is 0 Å². The number of nitrogens with one attached hydrogen (secondary N) is 1. The average Bonchev–Trinajstić information content (AvgIpc) is 2.92. The molecular weight excluding hydrogens is 334 g/mol. The number of para-hydroxylation sites is 1. The van der Waals surface area contributed by atoms with Crippen molar-refractivity contribution in [2.45, 2.75) is 32.5 Å². The van der Waals surface area contributed by atoms with E-state index in [9.17, 15) is 14.7 Å². The van der Waals surface area contributed by atoms with Crippen molar-refractivity contribution in [3.05, 3.63) is 57.9 Å². The van der Waals surface area contributed by atoms with E-state index in [-0.39, 0.29) is 11.6 Å². The molecule has 8 heteroatoms. The number of aliphatic hydroxyl groups is 1. The molecule has 0 radical (unpaired) electrons. The van der Waals surface area contributed by atoms with Crippen LogP contribution in [0, 0.1) is 0 Å². The molecule has 0 unspecified atom stereocenters. The highest BCUT2D eigenvalue weighted by molar-refractivity contribution is 6.04. The summed E-state index contributed by atoms with van der Waals surface area (Å²) in [5, 5.41) is 14.8. The number of amides is 1. The van der Waals surface area contributed by atoms with Gasteiger partial charge in [-0.15, -0.1) is 0 Å². The molecule has 0 saturated heterocycles. The molecule has 0 saturated carbocycles. The number of hydrogen-bond donors (Lipinski definition) is 2. The summed E-state index contributed by atoms with van der Waals surface area (Å²) in [6.07, 6.45) is 0.0812. The van der Waals surface area contributed by atoms with Crippen molar-refractivity contribution >= 4 is 16.8 Å². The van der Waals surface area contributed by atoms with E-state index in [1.165, 1.54) is 0 Å². The number of nitrogens with zero attached hydrogens (tertiary/aromatic N) is 4. The lowest BCUT2D eigenvalue weighted by atomic mass is 10.1. The zero-order chi connectivity index (χ0) is 18.3. The van der Waals surface area contributed by atoms with Gasteiger partial charge in [-0.2, -0.15) is 10.1 Å². The summed E-state index contributed by atoms with van der Waals surface area (Å²) in [7, 11) is 0. The van der Waals surface area contributed by atoms with E-state index in [1.54, 1.807) is 30.0 Å². The third-order valence-corrected chi connectivity index (χ3v) is 4.59.